The number of unbranched alkanes of at least 4 members (excludes halogenated alkanes) is 6. The Morgan fingerprint density at radius 2 is 1.35 bits per heavy atom. The van der Waals surface area contributed by atoms with Crippen molar-refractivity contribution in [1.82, 2.24) is 0 Å². The van der Waals surface area contributed by atoms with E-state index in [0.717, 1.165) is 32.3 Å². The smallest absolute Gasteiger partial charge is 0.385 e. The molecule has 104 valence electrons. The first-order valence-electron chi connectivity index (χ1n) is 6.14. The summed E-state index contributed by atoms with van der Waals surface area (Å²) in [5.74, 6) is 0. The Labute approximate surface area is 104 Å². The number of hydrogen-bond acceptors (Lipinski definition) is 4. The summed E-state index contributed by atoms with van der Waals surface area (Å²) in [4.78, 5) is 8.95. The van der Waals surface area contributed by atoms with Crippen LogP contribution in [0.5, 0.6) is 0 Å². The highest BCUT2D eigenvalue weighted by atomic mass is 31.2. The number of ether oxygens (including phenoxy) is 1. The van der Waals surface area contributed by atoms with E-state index >= 15 is 0 Å². The molecule has 0 radical (unpaired) electrons. The van der Waals surface area contributed by atoms with Crippen LogP contribution in [0.2, 0.25) is 0 Å². The van der Waals surface area contributed by atoms with Crippen molar-refractivity contribution in [3.8, 4) is 0 Å². The van der Waals surface area contributed by atoms with E-state index in [2.05, 4.69) is 4.52 Å². The summed E-state index contributed by atoms with van der Waals surface area (Å²) in [6.45, 7) is 1.13. The molecule has 0 amide bonds. The SMILES string of the molecule is COCCCCCCCCCOP(=O)(O)OC. The predicted molar refractivity (Wildman–Crippen MR) is 67.0 cm³/mol. The molecule has 0 heterocycles. The molecule has 0 aliphatic rings. The molecule has 0 aromatic rings. The number of phosphoric ester groups is 1. The van der Waals surface area contributed by atoms with Crippen molar-refractivity contribution in [2.24, 2.45) is 0 Å². The molecule has 0 saturated heterocycles. The van der Waals surface area contributed by atoms with E-state index < -0.39 is 7.82 Å². The molecule has 0 aliphatic heterocycles. The van der Waals surface area contributed by atoms with E-state index in [9.17, 15) is 4.57 Å². The van der Waals surface area contributed by atoms with E-state index in [1.54, 1.807) is 7.11 Å². The predicted octanol–water partition coefficient (Wildman–Crippen LogP) is 3.13. The molecule has 0 bridgehead atoms. The molecule has 17 heavy (non-hydrogen) atoms. The van der Waals surface area contributed by atoms with Crippen molar-refractivity contribution in [3.63, 3.8) is 0 Å². The van der Waals surface area contributed by atoms with Gasteiger partial charge in [-0.25, -0.2) is 4.57 Å². The molecule has 1 unspecified atom stereocenters. The van der Waals surface area contributed by atoms with Gasteiger partial charge in [-0.3, -0.25) is 9.05 Å². The molecule has 0 fully saturated rings. The van der Waals surface area contributed by atoms with E-state index in [1.165, 1.54) is 26.4 Å². The minimum atomic E-state index is -3.76. The number of methoxy groups -OCH3 is 1. The molecular weight excluding hydrogens is 243 g/mol. The maximum Gasteiger partial charge on any atom is 0.471 e. The first-order valence-corrected chi connectivity index (χ1v) is 7.64. The van der Waals surface area contributed by atoms with Gasteiger partial charge in [0.1, 0.15) is 0 Å². The fraction of sp³-hybridized carbons (Fsp3) is 1.00. The summed E-state index contributed by atoms with van der Waals surface area (Å²) in [5, 5.41) is 0. The third-order valence-electron chi connectivity index (χ3n) is 2.48. The highest BCUT2D eigenvalue weighted by Gasteiger charge is 2.17. The van der Waals surface area contributed by atoms with Crippen LogP contribution in [-0.2, 0) is 18.3 Å². The fourth-order valence-electron chi connectivity index (χ4n) is 1.46. The van der Waals surface area contributed by atoms with Gasteiger partial charge in [-0.05, 0) is 12.8 Å². The van der Waals surface area contributed by atoms with Crippen molar-refractivity contribution in [3.05, 3.63) is 0 Å². The molecule has 1 N–H and O–H groups in total. The van der Waals surface area contributed by atoms with Crippen LogP contribution in [0.15, 0.2) is 0 Å². The summed E-state index contributed by atoms with van der Waals surface area (Å²) in [6.07, 6.45) is 7.71. The van der Waals surface area contributed by atoms with Gasteiger partial charge in [-0.15, -0.1) is 0 Å². The first-order chi connectivity index (χ1) is 8.12. The summed E-state index contributed by atoms with van der Waals surface area (Å²) in [7, 11) is -0.872. The van der Waals surface area contributed by atoms with Crippen molar-refractivity contribution in [2.75, 3.05) is 27.4 Å². The molecular formula is C11H25O5P. The van der Waals surface area contributed by atoms with Gasteiger partial charge in [0.15, 0.2) is 0 Å². The Balaban J connectivity index is 3.11. The minimum Gasteiger partial charge on any atom is -0.385 e. The first kappa shape index (κ1) is 17.1. The van der Waals surface area contributed by atoms with Crippen LogP contribution in [-0.4, -0.2) is 32.3 Å². The maximum absolute atomic E-state index is 10.9. The van der Waals surface area contributed by atoms with Crippen molar-refractivity contribution in [1.29, 1.82) is 0 Å². The lowest BCUT2D eigenvalue weighted by Gasteiger charge is -2.08. The largest absolute Gasteiger partial charge is 0.471 e. The Hall–Kier alpha value is 0.0700. The normalized spacial score (nSPS) is 14.8. The van der Waals surface area contributed by atoms with E-state index in [4.69, 9.17) is 14.2 Å². The van der Waals surface area contributed by atoms with Crippen LogP contribution in [0.4, 0.5) is 0 Å². The highest BCUT2D eigenvalue weighted by Crippen LogP contribution is 2.41. The standard InChI is InChI=1S/C11H25O5P/c1-14-10-8-6-4-3-5-7-9-11-16-17(12,13)15-2/h3-11H2,1-2H3,(H,12,13). The Morgan fingerprint density at radius 3 is 1.82 bits per heavy atom. The molecule has 6 heteroatoms. The van der Waals surface area contributed by atoms with Gasteiger partial charge in [0.2, 0.25) is 0 Å². The van der Waals surface area contributed by atoms with Crippen molar-refractivity contribution < 1.29 is 23.2 Å². The minimum absolute atomic E-state index is 0.283. The van der Waals surface area contributed by atoms with Gasteiger partial charge in [-0.1, -0.05) is 32.1 Å². The number of phosphoric acid groups is 1. The van der Waals surface area contributed by atoms with Crippen LogP contribution < -0.4 is 0 Å². The van der Waals surface area contributed by atoms with Crippen LogP contribution >= 0.6 is 7.82 Å². The van der Waals surface area contributed by atoms with Crippen LogP contribution in [0.3, 0.4) is 0 Å². The van der Waals surface area contributed by atoms with Crippen molar-refractivity contribution in [2.45, 2.75) is 44.9 Å². The lowest BCUT2D eigenvalue weighted by Crippen LogP contribution is -1.94. The average Bonchev–Trinajstić information content (AvgIpc) is 2.31. The zero-order valence-corrected chi connectivity index (χ0v) is 11.8. The summed E-state index contributed by atoms with van der Waals surface area (Å²) >= 11 is 0. The van der Waals surface area contributed by atoms with Gasteiger partial charge < -0.3 is 9.63 Å². The summed E-state index contributed by atoms with van der Waals surface area (Å²) in [5.41, 5.74) is 0. The van der Waals surface area contributed by atoms with Crippen LogP contribution in [0.25, 0.3) is 0 Å². The van der Waals surface area contributed by atoms with E-state index in [-0.39, 0.29) is 6.61 Å². The average molecular weight is 268 g/mol. The second-order valence-electron chi connectivity index (χ2n) is 3.95. The molecule has 0 spiro atoms. The lowest BCUT2D eigenvalue weighted by atomic mass is 10.1. The quantitative estimate of drug-likeness (QED) is 0.435. The molecule has 1 atom stereocenters. The molecule has 0 saturated carbocycles. The van der Waals surface area contributed by atoms with Gasteiger partial charge in [0, 0.05) is 20.8 Å². The molecule has 0 rings (SSSR count). The van der Waals surface area contributed by atoms with Gasteiger partial charge in [0.25, 0.3) is 0 Å². The monoisotopic (exact) mass is 268 g/mol. The topological polar surface area (TPSA) is 65.0 Å². The number of rotatable bonds is 12. The van der Waals surface area contributed by atoms with Crippen LogP contribution in [0, 0.1) is 0 Å². The fourth-order valence-corrected chi connectivity index (χ4v) is 1.93. The third kappa shape index (κ3) is 12.3. The van der Waals surface area contributed by atoms with Crippen molar-refractivity contribution >= 4 is 7.82 Å². The highest BCUT2D eigenvalue weighted by molar-refractivity contribution is 7.47. The zero-order valence-electron chi connectivity index (χ0n) is 10.9. The van der Waals surface area contributed by atoms with E-state index in [0.29, 0.717) is 0 Å². The Kier molecular flexibility index (Phi) is 11.2. The van der Waals surface area contributed by atoms with Gasteiger partial charge in [0.05, 0.1) is 6.61 Å². The molecule has 0 aromatic heterocycles. The summed E-state index contributed by atoms with van der Waals surface area (Å²) in [6, 6.07) is 0. The third-order valence-corrected chi connectivity index (χ3v) is 3.45. The summed E-state index contributed by atoms with van der Waals surface area (Å²) < 4.78 is 24.9. The zero-order chi connectivity index (χ0) is 13.0. The second kappa shape index (κ2) is 11.2. The Bertz CT molecular complexity index is 210. The van der Waals surface area contributed by atoms with Gasteiger partial charge >= 0.3 is 7.82 Å². The molecule has 0 aliphatic carbocycles. The molecule has 5 nitrogen and oxygen atoms in total. The number of hydrogen-bond donors (Lipinski definition) is 1. The molecule has 0 aromatic carbocycles. The second-order valence-corrected chi connectivity index (χ2v) is 5.51. The van der Waals surface area contributed by atoms with Crippen LogP contribution in [0.1, 0.15) is 44.9 Å². The lowest BCUT2D eigenvalue weighted by molar-refractivity contribution is 0.170. The van der Waals surface area contributed by atoms with Gasteiger partial charge in [-0.2, -0.15) is 0 Å². The maximum atomic E-state index is 10.9. The Morgan fingerprint density at radius 1 is 0.882 bits per heavy atom. The van der Waals surface area contributed by atoms with E-state index in [1.807, 2.05) is 0 Å².